The second kappa shape index (κ2) is 6.95. The lowest BCUT2D eigenvalue weighted by atomic mass is 10.0. The molecule has 1 amide bonds. The Morgan fingerprint density at radius 1 is 1.12 bits per heavy atom. The summed E-state index contributed by atoms with van der Waals surface area (Å²) in [6, 6.07) is 13.8. The summed E-state index contributed by atoms with van der Waals surface area (Å²) in [6.07, 6.45) is 2.91. The molecule has 0 spiro atoms. The minimum Gasteiger partial charge on any atom is -0.497 e. The van der Waals surface area contributed by atoms with Gasteiger partial charge in [0.1, 0.15) is 11.5 Å². The van der Waals surface area contributed by atoms with E-state index in [0.717, 1.165) is 11.3 Å². The van der Waals surface area contributed by atoms with Gasteiger partial charge in [-0.05, 0) is 42.0 Å². The van der Waals surface area contributed by atoms with Crippen molar-refractivity contribution in [2.24, 2.45) is 0 Å². The molecule has 0 bridgehead atoms. The number of methoxy groups -OCH3 is 2. The molecule has 0 N–H and O–H groups in total. The lowest BCUT2D eigenvalue weighted by Gasteiger charge is -2.20. The molecule has 0 aromatic heterocycles. The van der Waals surface area contributed by atoms with Crippen LogP contribution >= 0.6 is 0 Å². The first-order chi connectivity index (χ1) is 11.6. The predicted octanol–water partition coefficient (Wildman–Crippen LogP) is 3.79. The number of amides is 1. The van der Waals surface area contributed by atoms with Crippen LogP contribution in [-0.4, -0.2) is 27.2 Å². The molecule has 2 aromatic rings. The van der Waals surface area contributed by atoms with Crippen LogP contribution in [0.2, 0.25) is 0 Å². The summed E-state index contributed by atoms with van der Waals surface area (Å²) in [7, 11) is 4.98. The zero-order valence-electron chi connectivity index (χ0n) is 14.4. The molecule has 126 valence electrons. The fraction of sp³-hybridized carbons (Fsp3) is 0.350. The fourth-order valence-electron chi connectivity index (χ4n) is 2.86. The number of benzene rings is 2. The van der Waals surface area contributed by atoms with Crippen LogP contribution in [0.15, 0.2) is 42.5 Å². The van der Waals surface area contributed by atoms with Gasteiger partial charge in [0, 0.05) is 13.1 Å². The van der Waals surface area contributed by atoms with Crippen LogP contribution in [0.5, 0.6) is 11.5 Å². The maximum Gasteiger partial charge on any atom is 0.231 e. The molecule has 0 aliphatic heterocycles. The SMILES string of the molecule is COc1ccc(N(C)C(=O)Cc2cccc(C3CC3)c2)c(OC)c1. The number of hydrogen-bond acceptors (Lipinski definition) is 3. The number of carbonyl (C=O) groups is 1. The van der Waals surface area contributed by atoms with Crippen LogP contribution in [0.1, 0.15) is 29.9 Å². The Labute approximate surface area is 143 Å². The Hall–Kier alpha value is -2.49. The van der Waals surface area contributed by atoms with Gasteiger partial charge in [0.05, 0.1) is 26.3 Å². The Morgan fingerprint density at radius 2 is 1.92 bits per heavy atom. The van der Waals surface area contributed by atoms with Crippen molar-refractivity contribution in [1.29, 1.82) is 0 Å². The number of carbonyl (C=O) groups excluding carboxylic acids is 1. The second-order valence-corrected chi connectivity index (χ2v) is 6.19. The van der Waals surface area contributed by atoms with Crippen molar-refractivity contribution >= 4 is 11.6 Å². The zero-order chi connectivity index (χ0) is 17.1. The van der Waals surface area contributed by atoms with Crippen LogP contribution < -0.4 is 14.4 Å². The Balaban J connectivity index is 1.76. The zero-order valence-corrected chi connectivity index (χ0v) is 14.4. The molecular formula is C20H23NO3. The first-order valence-corrected chi connectivity index (χ1v) is 8.19. The van der Waals surface area contributed by atoms with Crippen molar-refractivity contribution in [3.05, 3.63) is 53.6 Å². The molecule has 1 fully saturated rings. The van der Waals surface area contributed by atoms with E-state index < -0.39 is 0 Å². The molecular weight excluding hydrogens is 302 g/mol. The van der Waals surface area contributed by atoms with Gasteiger partial charge in [-0.2, -0.15) is 0 Å². The molecule has 0 saturated heterocycles. The summed E-state index contributed by atoms with van der Waals surface area (Å²) < 4.78 is 10.6. The first kappa shape index (κ1) is 16.4. The van der Waals surface area contributed by atoms with Crippen LogP contribution in [0, 0.1) is 0 Å². The molecule has 2 aromatic carbocycles. The Kier molecular flexibility index (Phi) is 4.74. The van der Waals surface area contributed by atoms with Crippen LogP contribution in [0.4, 0.5) is 5.69 Å². The number of anilines is 1. The molecule has 0 radical (unpaired) electrons. The third-order valence-electron chi connectivity index (χ3n) is 4.48. The molecule has 0 atom stereocenters. The minimum atomic E-state index is 0.0337. The lowest BCUT2D eigenvalue weighted by molar-refractivity contribution is -0.117. The van der Waals surface area contributed by atoms with E-state index in [2.05, 4.69) is 12.1 Å². The van der Waals surface area contributed by atoms with Crippen molar-refractivity contribution in [3.63, 3.8) is 0 Å². The highest BCUT2D eigenvalue weighted by Gasteiger charge is 2.24. The molecule has 1 saturated carbocycles. The Morgan fingerprint density at radius 3 is 2.58 bits per heavy atom. The third-order valence-corrected chi connectivity index (χ3v) is 4.48. The van der Waals surface area contributed by atoms with E-state index in [1.54, 1.807) is 32.2 Å². The van der Waals surface area contributed by atoms with Gasteiger partial charge in [-0.25, -0.2) is 0 Å². The molecule has 4 heteroatoms. The number of nitrogens with zero attached hydrogens (tertiary/aromatic N) is 1. The minimum absolute atomic E-state index is 0.0337. The van der Waals surface area contributed by atoms with Gasteiger partial charge in [-0.15, -0.1) is 0 Å². The molecule has 3 rings (SSSR count). The van der Waals surface area contributed by atoms with E-state index in [-0.39, 0.29) is 5.91 Å². The normalized spacial score (nSPS) is 13.5. The summed E-state index contributed by atoms with van der Waals surface area (Å²) in [5.41, 5.74) is 3.15. The number of rotatable bonds is 6. The molecule has 1 aliphatic rings. The smallest absolute Gasteiger partial charge is 0.231 e. The standard InChI is InChI=1S/C20H23NO3/c1-21(18-10-9-17(23-2)13-19(18)24-3)20(22)12-14-5-4-6-16(11-14)15-7-8-15/h4-6,9-11,13,15H,7-8,12H2,1-3H3. The maximum atomic E-state index is 12.7. The maximum absolute atomic E-state index is 12.7. The van der Waals surface area contributed by atoms with Crippen molar-refractivity contribution in [2.45, 2.75) is 25.2 Å². The van der Waals surface area contributed by atoms with E-state index in [4.69, 9.17) is 9.47 Å². The van der Waals surface area contributed by atoms with Crippen molar-refractivity contribution < 1.29 is 14.3 Å². The predicted molar refractivity (Wildman–Crippen MR) is 95.1 cm³/mol. The monoisotopic (exact) mass is 325 g/mol. The van der Waals surface area contributed by atoms with E-state index in [1.807, 2.05) is 24.3 Å². The van der Waals surface area contributed by atoms with Gasteiger partial charge in [-0.3, -0.25) is 4.79 Å². The highest BCUT2D eigenvalue weighted by atomic mass is 16.5. The number of likely N-dealkylation sites (N-methyl/N-ethyl adjacent to an activating group) is 1. The van der Waals surface area contributed by atoms with Gasteiger partial charge in [-0.1, -0.05) is 24.3 Å². The quantitative estimate of drug-likeness (QED) is 0.811. The van der Waals surface area contributed by atoms with E-state index in [1.165, 1.54) is 18.4 Å². The van der Waals surface area contributed by atoms with E-state index in [0.29, 0.717) is 23.8 Å². The average Bonchev–Trinajstić information content (AvgIpc) is 3.45. The van der Waals surface area contributed by atoms with Gasteiger partial charge >= 0.3 is 0 Å². The third kappa shape index (κ3) is 3.53. The van der Waals surface area contributed by atoms with Crippen molar-refractivity contribution in [1.82, 2.24) is 0 Å². The molecule has 24 heavy (non-hydrogen) atoms. The molecule has 1 aliphatic carbocycles. The highest BCUT2D eigenvalue weighted by molar-refractivity contribution is 5.95. The Bertz CT molecular complexity index is 737. The molecule has 4 nitrogen and oxygen atoms in total. The molecule has 0 unspecified atom stereocenters. The van der Waals surface area contributed by atoms with E-state index >= 15 is 0 Å². The summed E-state index contributed by atoms with van der Waals surface area (Å²) >= 11 is 0. The van der Waals surface area contributed by atoms with Gasteiger partial charge < -0.3 is 14.4 Å². The number of hydrogen-bond donors (Lipinski definition) is 0. The summed E-state index contributed by atoms with van der Waals surface area (Å²) in [4.78, 5) is 14.3. The summed E-state index contributed by atoms with van der Waals surface area (Å²) in [5.74, 6) is 2.05. The van der Waals surface area contributed by atoms with Crippen molar-refractivity contribution in [3.8, 4) is 11.5 Å². The van der Waals surface area contributed by atoms with E-state index in [9.17, 15) is 4.79 Å². The largest absolute Gasteiger partial charge is 0.497 e. The van der Waals surface area contributed by atoms with Gasteiger partial charge in [0.15, 0.2) is 0 Å². The summed E-state index contributed by atoms with van der Waals surface area (Å²) in [6.45, 7) is 0. The van der Waals surface area contributed by atoms with Crippen LogP contribution in [0.25, 0.3) is 0 Å². The molecule has 0 heterocycles. The summed E-state index contributed by atoms with van der Waals surface area (Å²) in [5, 5.41) is 0. The van der Waals surface area contributed by atoms with Gasteiger partial charge in [0.2, 0.25) is 5.91 Å². The average molecular weight is 325 g/mol. The topological polar surface area (TPSA) is 38.8 Å². The second-order valence-electron chi connectivity index (χ2n) is 6.19. The highest BCUT2D eigenvalue weighted by Crippen LogP contribution is 2.40. The van der Waals surface area contributed by atoms with Crippen LogP contribution in [0.3, 0.4) is 0 Å². The van der Waals surface area contributed by atoms with Crippen molar-refractivity contribution in [2.75, 3.05) is 26.2 Å². The van der Waals surface area contributed by atoms with Gasteiger partial charge in [0.25, 0.3) is 0 Å². The fourth-order valence-corrected chi connectivity index (χ4v) is 2.86. The lowest BCUT2D eigenvalue weighted by Crippen LogP contribution is -2.28. The number of ether oxygens (including phenoxy) is 2. The van der Waals surface area contributed by atoms with Crippen LogP contribution in [-0.2, 0) is 11.2 Å². The first-order valence-electron chi connectivity index (χ1n) is 8.19.